The monoisotopic (exact) mass is 598 g/mol. The molecule has 1 spiro atoms. The van der Waals surface area contributed by atoms with E-state index in [0.29, 0.717) is 34.2 Å². The number of anilines is 1. The van der Waals surface area contributed by atoms with Crippen LogP contribution < -0.4 is 20.9 Å². The molecule has 0 radical (unpaired) electrons. The van der Waals surface area contributed by atoms with Crippen molar-refractivity contribution in [2.24, 2.45) is 13.0 Å². The quantitative estimate of drug-likeness (QED) is 0.211. The van der Waals surface area contributed by atoms with E-state index in [-0.39, 0.29) is 17.0 Å². The van der Waals surface area contributed by atoms with Gasteiger partial charge in [-0.05, 0) is 100 Å². The van der Waals surface area contributed by atoms with E-state index in [9.17, 15) is 14.0 Å². The first-order chi connectivity index (χ1) is 21.2. The molecule has 3 N–H and O–H groups in total. The molecule has 1 atom stereocenters. The summed E-state index contributed by atoms with van der Waals surface area (Å²) in [5.41, 5.74) is 2.45. The number of ether oxygens (including phenoxy) is 1. The van der Waals surface area contributed by atoms with Crippen molar-refractivity contribution in [2.75, 3.05) is 11.9 Å². The number of pyridine rings is 1. The molecule has 1 amide bonds. The van der Waals surface area contributed by atoms with Crippen molar-refractivity contribution in [3.63, 3.8) is 0 Å². The number of nitrogens with one attached hydrogen (secondary N) is 3. The van der Waals surface area contributed by atoms with E-state index >= 15 is 4.39 Å². The zero-order valence-corrected chi connectivity index (χ0v) is 24.4. The Bertz CT molecular complexity index is 1950. The fraction of sp³-hybridized carbons (Fsp3) is 0.303. The number of carbonyl (C=O) groups is 1. The van der Waals surface area contributed by atoms with E-state index in [0.717, 1.165) is 36.5 Å². The molecule has 44 heavy (non-hydrogen) atoms. The van der Waals surface area contributed by atoms with E-state index in [1.54, 1.807) is 26.2 Å². The van der Waals surface area contributed by atoms with E-state index < -0.39 is 23.1 Å². The summed E-state index contributed by atoms with van der Waals surface area (Å²) in [4.78, 5) is 34.1. The minimum Gasteiger partial charge on any atom is -0.453 e. The minimum atomic E-state index is -0.687. The summed E-state index contributed by atoms with van der Waals surface area (Å²) in [5.74, 6) is -0.686. The fourth-order valence-corrected chi connectivity index (χ4v) is 6.25. The van der Waals surface area contributed by atoms with Crippen LogP contribution in [0.25, 0.3) is 16.7 Å². The molecule has 2 aromatic carbocycles. The van der Waals surface area contributed by atoms with Crippen molar-refractivity contribution in [1.82, 2.24) is 24.6 Å². The molecule has 9 nitrogen and oxygen atoms in total. The Hall–Kier alpha value is -4.77. The van der Waals surface area contributed by atoms with E-state index in [4.69, 9.17) is 4.74 Å². The standard InChI is InChI=1S/C33H32F2N6O3/c1-19-29(32(43)41(40(19)2)24-8-4-21(34)5-9-24)31(42)39-23-7-10-28(26(35)16-23)44-27-11-14-36-30-25(27)15-22(38-30)6-3-20-17-33(12-13-33)37-18-20/h4-5,7-11,14-16,20,37H,3,6,12-13,17-18H2,1-2H3,(H,36,38)(H,39,42). The first kappa shape index (κ1) is 28.0. The molecule has 5 aromatic rings. The second kappa shape index (κ2) is 10.7. The summed E-state index contributed by atoms with van der Waals surface area (Å²) in [6.07, 6.45) is 7.42. The highest BCUT2D eigenvalue weighted by atomic mass is 19.1. The molecular weight excluding hydrogens is 566 g/mol. The Balaban J connectivity index is 1.06. The maximum atomic E-state index is 15.2. The predicted octanol–water partition coefficient (Wildman–Crippen LogP) is 5.76. The normalized spacial score (nSPS) is 17.0. The van der Waals surface area contributed by atoms with Gasteiger partial charge in [-0.25, -0.2) is 18.4 Å². The van der Waals surface area contributed by atoms with Crippen molar-refractivity contribution in [1.29, 1.82) is 0 Å². The van der Waals surface area contributed by atoms with Crippen molar-refractivity contribution < 1.29 is 18.3 Å². The maximum absolute atomic E-state index is 15.2. The van der Waals surface area contributed by atoms with Crippen LogP contribution in [0.15, 0.2) is 65.6 Å². The van der Waals surface area contributed by atoms with Crippen molar-refractivity contribution in [3.8, 4) is 17.2 Å². The van der Waals surface area contributed by atoms with Crippen LogP contribution in [0.3, 0.4) is 0 Å². The van der Waals surface area contributed by atoms with Gasteiger partial charge in [0.25, 0.3) is 11.5 Å². The fourth-order valence-electron chi connectivity index (χ4n) is 6.25. The number of amides is 1. The van der Waals surface area contributed by atoms with Crippen LogP contribution >= 0.6 is 0 Å². The number of carbonyl (C=O) groups excluding carboxylic acids is 1. The van der Waals surface area contributed by atoms with Crippen LogP contribution in [0.5, 0.6) is 11.5 Å². The van der Waals surface area contributed by atoms with Gasteiger partial charge in [0, 0.05) is 36.2 Å². The van der Waals surface area contributed by atoms with Gasteiger partial charge in [-0.3, -0.25) is 14.3 Å². The summed E-state index contributed by atoms with van der Waals surface area (Å²) in [6.45, 7) is 2.70. The maximum Gasteiger partial charge on any atom is 0.284 e. The van der Waals surface area contributed by atoms with Crippen LogP contribution in [-0.2, 0) is 13.5 Å². The Labute approximate surface area is 251 Å². The summed E-state index contributed by atoms with van der Waals surface area (Å²) < 4.78 is 37.4. The van der Waals surface area contributed by atoms with Gasteiger partial charge < -0.3 is 20.4 Å². The Morgan fingerprint density at radius 1 is 1.11 bits per heavy atom. The Kier molecular flexibility index (Phi) is 6.84. The third-order valence-electron chi connectivity index (χ3n) is 8.93. The number of rotatable bonds is 8. The molecule has 0 bridgehead atoms. The number of aromatic nitrogens is 4. The number of aryl methyl sites for hydroxylation is 1. The minimum absolute atomic E-state index is 0.0143. The smallest absolute Gasteiger partial charge is 0.284 e. The molecule has 2 fully saturated rings. The number of aromatic amines is 1. The van der Waals surface area contributed by atoms with Crippen LogP contribution in [-0.4, -0.2) is 37.3 Å². The molecule has 1 aliphatic heterocycles. The summed E-state index contributed by atoms with van der Waals surface area (Å²) >= 11 is 0. The first-order valence-electron chi connectivity index (χ1n) is 14.7. The van der Waals surface area contributed by atoms with E-state index in [2.05, 4.69) is 20.6 Å². The Morgan fingerprint density at radius 2 is 1.91 bits per heavy atom. The van der Waals surface area contributed by atoms with Gasteiger partial charge in [-0.15, -0.1) is 0 Å². The van der Waals surface area contributed by atoms with Gasteiger partial charge in [-0.2, -0.15) is 0 Å². The molecule has 7 rings (SSSR count). The zero-order valence-electron chi connectivity index (χ0n) is 24.4. The second-order valence-electron chi connectivity index (χ2n) is 11.9. The number of nitrogens with zero attached hydrogens (tertiary/aromatic N) is 3. The lowest BCUT2D eigenvalue weighted by Gasteiger charge is -2.10. The molecule has 1 unspecified atom stereocenters. The molecule has 2 aliphatic rings. The second-order valence-corrected chi connectivity index (χ2v) is 11.9. The number of hydrogen-bond donors (Lipinski definition) is 3. The summed E-state index contributed by atoms with van der Waals surface area (Å²) in [5, 5.41) is 7.05. The average Bonchev–Trinajstić information content (AvgIpc) is 3.32. The van der Waals surface area contributed by atoms with Gasteiger partial charge in [-0.1, -0.05) is 0 Å². The van der Waals surface area contributed by atoms with Gasteiger partial charge >= 0.3 is 0 Å². The molecule has 1 aliphatic carbocycles. The lowest BCUT2D eigenvalue weighted by atomic mass is 9.98. The molecule has 11 heteroatoms. The zero-order chi connectivity index (χ0) is 30.6. The number of halogens is 2. The molecule has 3 aromatic heterocycles. The van der Waals surface area contributed by atoms with Gasteiger partial charge in [0.15, 0.2) is 11.6 Å². The number of fused-ring (bicyclic) bond motifs is 1. The molecular formula is C33H32F2N6O3. The van der Waals surface area contributed by atoms with E-state index in [1.807, 2.05) is 6.07 Å². The van der Waals surface area contributed by atoms with Crippen LogP contribution in [0, 0.1) is 24.5 Å². The third-order valence-corrected chi connectivity index (χ3v) is 8.93. The van der Waals surface area contributed by atoms with Gasteiger partial charge in [0.1, 0.15) is 22.8 Å². The highest BCUT2D eigenvalue weighted by Gasteiger charge is 2.47. The van der Waals surface area contributed by atoms with Crippen molar-refractivity contribution in [3.05, 3.63) is 99.7 Å². The Morgan fingerprint density at radius 3 is 2.64 bits per heavy atom. The van der Waals surface area contributed by atoms with Crippen LogP contribution in [0.4, 0.5) is 14.5 Å². The number of hydrogen-bond acceptors (Lipinski definition) is 5. The van der Waals surface area contributed by atoms with Crippen molar-refractivity contribution in [2.45, 2.75) is 44.6 Å². The largest absolute Gasteiger partial charge is 0.453 e. The molecule has 226 valence electrons. The molecule has 1 saturated heterocycles. The predicted molar refractivity (Wildman–Crippen MR) is 163 cm³/mol. The van der Waals surface area contributed by atoms with Crippen molar-refractivity contribution >= 4 is 22.6 Å². The van der Waals surface area contributed by atoms with Gasteiger partial charge in [0.2, 0.25) is 0 Å². The van der Waals surface area contributed by atoms with Crippen LogP contribution in [0.1, 0.15) is 47.4 Å². The average molecular weight is 599 g/mol. The lowest BCUT2D eigenvalue weighted by Crippen LogP contribution is -2.25. The third kappa shape index (κ3) is 5.17. The molecule has 4 heterocycles. The first-order valence-corrected chi connectivity index (χ1v) is 14.7. The van der Waals surface area contributed by atoms with E-state index in [1.165, 1.54) is 65.0 Å². The topological polar surface area (TPSA) is 106 Å². The van der Waals surface area contributed by atoms with Crippen LogP contribution in [0.2, 0.25) is 0 Å². The highest BCUT2D eigenvalue weighted by Crippen LogP contribution is 2.45. The number of H-pyrrole nitrogens is 1. The van der Waals surface area contributed by atoms with Gasteiger partial charge in [0.05, 0.1) is 16.8 Å². The highest BCUT2D eigenvalue weighted by molar-refractivity contribution is 6.05. The molecule has 1 saturated carbocycles. The summed E-state index contributed by atoms with van der Waals surface area (Å²) in [6, 6.07) is 13.2. The number of benzene rings is 2. The summed E-state index contributed by atoms with van der Waals surface area (Å²) in [7, 11) is 1.63. The SMILES string of the molecule is Cc1c(C(=O)Nc2ccc(Oc3ccnc4[nH]c(CCC5CNC6(CC6)C5)cc34)c(F)c2)c(=O)n(-c2ccc(F)cc2)n1C. The lowest BCUT2D eigenvalue weighted by molar-refractivity contribution is 0.102.